The molecule has 0 bridgehead atoms. The molecular formula is C13H21N3O. The minimum absolute atomic E-state index is 0.675. The monoisotopic (exact) mass is 235 g/mol. The lowest BCUT2D eigenvalue weighted by Gasteiger charge is -2.23. The highest BCUT2D eigenvalue weighted by Crippen LogP contribution is 2.18. The number of piperidine rings is 1. The Bertz CT molecular complexity index is 362. The van der Waals surface area contributed by atoms with Crippen molar-refractivity contribution in [2.75, 3.05) is 32.1 Å². The molecule has 4 heteroatoms. The molecule has 1 aromatic rings. The number of methoxy groups -OCH3 is 1. The van der Waals surface area contributed by atoms with Gasteiger partial charge in [-0.3, -0.25) is 0 Å². The highest BCUT2D eigenvalue weighted by atomic mass is 16.5. The Morgan fingerprint density at radius 2 is 2.41 bits per heavy atom. The van der Waals surface area contributed by atoms with Crippen LogP contribution in [0.4, 0.5) is 5.69 Å². The number of aromatic nitrogens is 1. The van der Waals surface area contributed by atoms with Crippen molar-refractivity contribution in [3.8, 4) is 5.88 Å². The van der Waals surface area contributed by atoms with Crippen molar-refractivity contribution in [2.45, 2.75) is 19.8 Å². The van der Waals surface area contributed by atoms with Gasteiger partial charge in [-0.1, -0.05) is 0 Å². The molecule has 0 aromatic carbocycles. The third kappa shape index (κ3) is 3.60. The van der Waals surface area contributed by atoms with E-state index in [2.05, 4.69) is 21.7 Å². The quantitative estimate of drug-likeness (QED) is 0.835. The van der Waals surface area contributed by atoms with Crippen LogP contribution in [0.3, 0.4) is 0 Å². The van der Waals surface area contributed by atoms with E-state index in [4.69, 9.17) is 4.74 Å². The average molecular weight is 235 g/mol. The molecule has 0 amide bonds. The maximum atomic E-state index is 5.16. The number of ether oxygens (including phenoxy) is 1. The Balaban J connectivity index is 1.91. The number of pyridine rings is 1. The minimum Gasteiger partial charge on any atom is -0.481 e. The lowest BCUT2D eigenvalue weighted by Crippen LogP contribution is -2.33. The van der Waals surface area contributed by atoms with E-state index in [1.807, 2.05) is 13.0 Å². The van der Waals surface area contributed by atoms with E-state index < -0.39 is 0 Å². The second kappa shape index (κ2) is 5.87. The minimum atomic E-state index is 0.675. The van der Waals surface area contributed by atoms with Crippen LogP contribution >= 0.6 is 0 Å². The first-order chi connectivity index (χ1) is 8.28. The third-order valence-electron chi connectivity index (χ3n) is 3.13. The molecule has 2 rings (SSSR count). The van der Waals surface area contributed by atoms with Crippen LogP contribution in [0.15, 0.2) is 12.1 Å². The molecule has 0 aliphatic carbocycles. The second-order valence-corrected chi connectivity index (χ2v) is 4.63. The van der Waals surface area contributed by atoms with Gasteiger partial charge in [-0.05, 0) is 44.8 Å². The zero-order valence-electron chi connectivity index (χ0n) is 10.6. The van der Waals surface area contributed by atoms with Gasteiger partial charge in [0.25, 0.3) is 0 Å². The molecule has 2 N–H and O–H groups in total. The van der Waals surface area contributed by atoms with Gasteiger partial charge < -0.3 is 15.4 Å². The second-order valence-electron chi connectivity index (χ2n) is 4.63. The van der Waals surface area contributed by atoms with E-state index in [1.54, 1.807) is 7.11 Å². The number of anilines is 1. The Morgan fingerprint density at radius 1 is 1.53 bits per heavy atom. The molecule has 1 aliphatic rings. The van der Waals surface area contributed by atoms with Gasteiger partial charge in [0.15, 0.2) is 0 Å². The molecule has 4 nitrogen and oxygen atoms in total. The highest BCUT2D eigenvalue weighted by molar-refractivity contribution is 5.47. The number of hydrogen-bond donors (Lipinski definition) is 2. The summed E-state index contributed by atoms with van der Waals surface area (Å²) in [5.74, 6) is 1.40. The summed E-state index contributed by atoms with van der Waals surface area (Å²) in [6.45, 7) is 5.28. The first-order valence-corrected chi connectivity index (χ1v) is 6.25. The van der Waals surface area contributed by atoms with Crippen molar-refractivity contribution in [2.24, 2.45) is 5.92 Å². The molecule has 0 radical (unpaired) electrons. The fourth-order valence-electron chi connectivity index (χ4n) is 2.21. The van der Waals surface area contributed by atoms with Crippen LogP contribution in [0.1, 0.15) is 18.5 Å². The van der Waals surface area contributed by atoms with Crippen molar-refractivity contribution < 1.29 is 4.74 Å². The number of nitrogens with one attached hydrogen (secondary N) is 2. The predicted octanol–water partition coefficient (Wildman–Crippen LogP) is 1.81. The van der Waals surface area contributed by atoms with Crippen LogP contribution in [-0.4, -0.2) is 31.7 Å². The van der Waals surface area contributed by atoms with Crippen molar-refractivity contribution >= 4 is 5.69 Å². The van der Waals surface area contributed by atoms with Crippen LogP contribution in [-0.2, 0) is 0 Å². The molecule has 1 aromatic heterocycles. The summed E-state index contributed by atoms with van der Waals surface area (Å²) in [6.07, 6.45) is 2.59. The van der Waals surface area contributed by atoms with Crippen LogP contribution in [0, 0.1) is 12.8 Å². The zero-order valence-corrected chi connectivity index (χ0v) is 10.6. The van der Waals surface area contributed by atoms with E-state index in [0.29, 0.717) is 5.88 Å². The van der Waals surface area contributed by atoms with Gasteiger partial charge in [0.1, 0.15) is 0 Å². The SMILES string of the molecule is COc1cc(NCC2CCCNC2)cc(C)n1. The lowest BCUT2D eigenvalue weighted by molar-refractivity contribution is 0.391. The van der Waals surface area contributed by atoms with E-state index in [0.717, 1.165) is 30.4 Å². The molecule has 1 atom stereocenters. The van der Waals surface area contributed by atoms with Gasteiger partial charge in [0.2, 0.25) is 5.88 Å². The van der Waals surface area contributed by atoms with Gasteiger partial charge in [-0.25, -0.2) is 4.98 Å². The largest absolute Gasteiger partial charge is 0.481 e. The summed E-state index contributed by atoms with van der Waals surface area (Å²) in [5, 5.41) is 6.90. The molecule has 0 saturated carbocycles. The summed E-state index contributed by atoms with van der Waals surface area (Å²) in [7, 11) is 1.65. The zero-order chi connectivity index (χ0) is 12.1. The van der Waals surface area contributed by atoms with Gasteiger partial charge in [0, 0.05) is 24.0 Å². The van der Waals surface area contributed by atoms with Crippen LogP contribution in [0.2, 0.25) is 0 Å². The van der Waals surface area contributed by atoms with Gasteiger partial charge in [0.05, 0.1) is 7.11 Å². The first-order valence-electron chi connectivity index (χ1n) is 6.25. The van der Waals surface area contributed by atoms with Gasteiger partial charge in [-0.2, -0.15) is 0 Å². The Kier molecular flexibility index (Phi) is 4.20. The first kappa shape index (κ1) is 12.2. The fourth-order valence-corrected chi connectivity index (χ4v) is 2.21. The van der Waals surface area contributed by atoms with Crippen molar-refractivity contribution in [1.82, 2.24) is 10.3 Å². The maximum absolute atomic E-state index is 5.16. The normalized spacial score (nSPS) is 20.0. The van der Waals surface area contributed by atoms with Crippen LogP contribution in [0.25, 0.3) is 0 Å². The number of rotatable bonds is 4. The van der Waals surface area contributed by atoms with Crippen LogP contribution in [0.5, 0.6) is 5.88 Å². The van der Waals surface area contributed by atoms with Crippen LogP contribution < -0.4 is 15.4 Å². The van der Waals surface area contributed by atoms with Crippen molar-refractivity contribution in [1.29, 1.82) is 0 Å². The molecule has 0 spiro atoms. The molecule has 1 unspecified atom stereocenters. The average Bonchev–Trinajstić information content (AvgIpc) is 2.37. The predicted molar refractivity (Wildman–Crippen MR) is 69.6 cm³/mol. The summed E-state index contributed by atoms with van der Waals surface area (Å²) in [4.78, 5) is 4.27. The molecule has 1 fully saturated rings. The number of hydrogen-bond acceptors (Lipinski definition) is 4. The highest BCUT2D eigenvalue weighted by Gasteiger charge is 2.12. The summed E-state index contributed by atoms with van der Waals surface area (Å²) < 4.78 is 5.16. The molecular weight excluding hydrogens is 214 g/mol. The standard InChI is InChI=1S/C13H21N3O/c1-10-6-12(7-13(16-10)17-2)15-9-11-4-3-5-14-8-11/h6-7,11,14H,3-5,8-9H2,1-2H3,(H,15,16). The third-order valence-corrected chi connectivity index (χ3v) is 3.13. The summed E-state index contributed by atoms with van der Waals surface area (Å²) >= 11 is 0. The summed E-state index contributed by atoms with van der Waals surface area (Å²) in [6, 6.07) is 4.00. The fraction of sp³-hybridized carbons (Fsp3) is 0.615. The molecule has 17 heavy (non-hydrogen) atoms. The molecule has 1 aliphatic heterocycles. The number of aryl methyl sites for hydroxylation is 1. The van der Waals surface area contributed by atoms with E-state index in [9.17, 15) is 0 Å². The van der Waals surface area contributed by atoms with E-state index >= 15 is 0 Å². The van der Waals surface area contributed by atoms with Crippen molar-refractivity contribution in [3.05, 3.63) is 17.8 Å². The van der Waals surface area contributed by atoms with Crippen molar-refractivity contribution in [3.63, 3.8) is 0 Å². The number of nitrogens with zero attached hydrogens (tertiary/aromatic N) is 1. The molecule has 2 heterocycles. The Labute approximate surface area is 103 Å². The van der Waals surface area contributed by atoms with Gasteiger partial charge >= 0.3 is 0 Å². The van der Waals surface area contributed by atoms with Gasteiger partial charge in [-0.15, -0.1) is 0 Å². The summed E-state index contributed by atoms with van der Waals surface area (Å²) in [5.41, 5.74) is 2.08. The Hall–Kier alpha value is -1.29. The molecule has 94 valence electrons. The maximum Gasteiger partial charge on any atom is 0.215 e. The molecule has 1 saturated heterocycles. The topological polar surface area (TPSA) is 46.2 Å². The van der Waals surface area contributed by atoms with E-state index in [1.165, 1.54) is 19.4 Å². The lowest BCUT2D eigenvalue weighted by atomic mass is 10.00. The Morgan fingerprint density at radius 3 is 3.12 bits per heavy atom. The van der Waals surface area contributed by atoms with E-state index in [-0.39, 0.29) is 0 Å². The smallest absolute Gasteiger partial charge is 0.215 e.